The minimum atomic E-state index is 0.108. The second-order valence-corrected chi connectivity index (χ2v) is 6.17. The second-order valence-electron chi connectivity index (χ2n) is 5.26. The van der Waals surface area contributed by atoms with Crippen LogP contribution in [0.5, 0.6) is 0 Å². The number of ether oxygens (including phenoxy) is 1. The van der Waals surface area contributed by atoms with Gasteiger partial charge in [0.05, 0.1) is 11.7 Å². The smallest absolute Gasteiger partial charge is 0.0707 e. The van der Waals surface area contributed by atoms with E-state index >= 15 is 0 Å². The molecule has 2 unspecified atom stereocenters. The van der Waals surface area contributed by atoms with E-state index in [4.69, 9.17) is 4.74 Å². The van der Waals surface area contributed by atoms with Crippen molar-refractivity contribution < 1.29 is 4.74 Å². The van der Waals surface area contributed by atoms with Crippen molar-refractivity contribution in [2.45, 2.75) is 45.3 Å². The Hall–Kier alpha value is 0.270. The van der Waals surface area contributed by atoms with E-state index in [0.717, 1.165) is 19.0 Å². The third kappa shape index (κ3) is 5.23. The fourth-order valence-electron chi connectivity index (χ4n) is 2.06. The Labute approximate surface area is 98.5 Å². The zero-order valence-electron chi connectivity index (χ0n) is 10.5. The SMILES string of the molecule is CSCC(C)CNCC1CCC(C)(C)O1. The Bertz CT molecular complexity index is 184. The van der Waals surface area contributed by atoms with Gasteiger partial charge >= 0.3 is 0 Å². The van der Waals surface area contributed by atoms with Crippen molar-refractivity contribution in [3.05, 3.63) is 0 Å². The topological polar surface area (TPSA) is 21.3 Å². The first kappa shape index (κ1) is 13.3. The van der Waals surface area contributed by atoms with Gasteiger partial charge < -0.3 is 10.1 Å². The second kappa shape index (κ2) is 6.12. The lowest BCUT2D eigenvalue weighted by atomic mass is 10.1. The van der Waals surface area contributed by atoms with Crippen LogP contribution in [0, 0.1) is 5.92 Å². The maximum atomic E-state index is 5.92. The monoisotopic (exact) mass is 231 g/mol. The van der Waals surface area contributed by atoms with Crippen molar-refractivity contribution in [2.24, 2.45) is 5.92 Å². The highest BCUT2D eigenvalue weighted by atomic mass is 32.2. The van der Waals surface area contributed by atoms with Crippen LogP contribution in [0.25, 0.3) is 0 Å². The van der Waals surface area contributed by atoms with Crippen LogP contribution in [0.15, 0.2) is 0 Å². The van der Waals surface area contributed by atoms with Crippen molar-refractivity contribution in [2.75, 3.05) is 25.1 Å². The summed E-state index contributed by atoms with van der Waals surface area (Å²) < 4.78 is 5.92. The minimum Gasteiger partial charge on any atom is -0.371 e. The molecule has 1 aliphatic rings. The Kier molecular flexibility index (Phi) is 5.44. The molecule has 0 saturated carbocycles. The lowest BCUT2D eigenvalue weighted by molar-refractivity contribution is -0.0143. The van der Waals surface area contributed by atoms with Gasteiger partial charge in [-0.15, -0.1) is 0 Å². The molecule has 1 fully saturated rings. The Morgan fingerprint density at radius 2 is 2.27 bits per heavy atom. The van der Waals surface area contributed by atoms with Crippen molar-refractivity contribution >= 4 is 11.8 Å². The molecule has 1 rings (SSSR count). The highest BCUT2D eigenvalue weighted by Crippen LogP contribution is 2.28. The van der Waals surface area contributed by atoms with E-state index in [2.05, 4.69) is 32.3 Å². The molecule has 2 atom stereocenters. The molecule has 0 aliphatic carbocycles. The third-order valence-corrected chi connectivity index (χ3v) is 3.77. The summed E-state index contributed by atoms with van der Waals surface area (Å²) >= 11 is 1.92. The summed E-state index contributed by atoms with van der Waals surface area (Å²) in [6, 6.07) is 0. The predicted molar refractivity (Wildman–Crippen MR) is 68.6 cm³/mol. The van der Waals surface area contributed by atoms with Gasteiger partial charge in [-0.1, -0.05) is 6.92 Å². The highest BCUT2D eigenvalue weighted by molar-refractivity contribution is 7.98. The van der Waals surface area contributed by atoms with Crippen LogP contribution in [0.1, 0.15) is 33.6 Å². The molecule has 1 N–H and O–H groups in total. The molecule has 2 nitrogen and oxygen atoms in total. The fraction of sp³-hybridized carbons (Fsp3) is 1.00. The van der Waals surface area contributed by atoms with Crippen LogP contribution in [-0.2, 0) is 4.74 Å². The van der Waals surface area contributed by atoms with Gasteiger partial charge in [-0.05, 0) is 51.2 Å². The van der Waals surface area contributed by atoms with Gasteiger partial charge in [0, 0.05) is 6.54 Å². The normalized spacial score (nSPS) is 26.8. The molecule has 0 amide bonds. The Balaban J connectivity index is 2.06. The van der Waals surface area contributed by atoms with Gasteiger partial charge in [0.1, 0.15) is 0 Å². The molecule has 0 aromatic heterocycles. The van der Waals surface area contributed by atoms with E-state index in [1.165, 1.54) is 18.6 Å². The fourth-order valence-corrected chi connectivity index (χ4v) is 2.74. The summed E-state index contributed by atoms with van der Waals surface area (Å²) in [4.78, 5) is 0. The van der Waals surface area contributed by atoms with E-state index in [0.29, 0.717) is 6.10 Å². The van der Waals surface area contributed by atoms with Crippen molar-refractivity contribution in [1.82, 2.24) is 5.32 Å². The van der Waals surface area contributed by atoms with Crippen LogP contribution < -0.4 is 5.32 Å². The first-order chi connectivity index (χ1) is 7.03. The zero-order valence-corrected chi connectivity index (χ0v) is 11.3. The van der Waals surface area contributed by atoms with Crippen molar-refractivity contribution in [1.29, 1.82) is 0 Å². The van der Waals surface area contributed by atoms with Crippen LogP contribution in [0.4, 0.5) is 0 Å². The number of thioether (sulfide) groups is 1. The molecular formula is C12H25NOS. The maximum absolute atomic E-state index is 5.92. The first-order valence-corrected chi connectivity index (χ1v) is 7.30. The first-order valence-electron chi connectivity index (χ1n) is 5.91. The van der Waals surface area contributed by atoms with Gasteiger partial charge in [-0.25, -0.2) is 0 Å². The van der Waals surface area contributed by atoms with Crippen LogP contribution >= 0.6 is 11.8 Å². The highest BCUT2D eigenvalue weighted by Gasteiger charge is 2.31. The van der Waals surface area contributed by atoms with Crippen LogP contribution in [0.3, 0.4) is 0 Å². The summed E-state index contributed by atoms with van der Waals surface area (Å²) in [5.41, 5.74) is 0.108. The number of hydrogen-bond acceptors (Lipinski definition) is 3. The van der Waals surface area contributed by atoms with Crippen LogP contribution in [0.2, 0.25) is 0 Å². The van der Waals surface area contributed by atoms with E-state index in [9.17, 15) is 0 Å². The van der Waals surface area contributed by atoms with Crippen LogP contribution in [-0.4, -0.2) is 36.8 Å². The average molecular weight is 231 g/mol. The summed E-state index contributed by atoms with van der Waals surface area (Å²) in [7, 11) is 0. The molecular weight excluding hydrogens is 206 g/mol. The predicted octanol–water partition coefficient (Wildman–Crippen LogP) is 2.53. The summed E-state index contributed by atoms with van der Waals surface area (Å²) in [6.07, 6.45) is 5.00. The maximum Gasteiger partial charge on any atom is 0.0707 e. The number of rotatable bonds is 6. The summed E-state index contributed by atoms with van der Waals surface area (Å²) in [5.74, 6) is 2.00. The summed E-state index contributed by atoms with van der Waals surface area (Å²) in [6.45, 7) is 8.79. The van der Waals surface area contributed by atoms with Gasteiger partial charge in [-0.3, -0.25) is 0 Å². The average Bonchev–Trinajstić information content (AvgIpc) is 2.46. The van der Waals surface area contributed by atoms with Gasteiger partial charge in [0.2, 0.25) is 0 Å². The minimum absolute atomic E-state index is 0.108. The number of nitrogens with one attached hydrogen (secondary N) is 1. The van der Waals surface area contributed by atoms with E-state index in [1.807, 2.05) is 11.8 Å². The van der Waals surface area contributed by atoms with E-state index in [1.54, 1.807) is 0 Å². The molecule has 0 spiro atoms. The van der Waals surface area contributed by atoms with E-state index in [-0.39, 0.29) is 5.60 Å². The lowest BCUT2D eigenvalue weighted by Gasteiger charge is -2.20. The molecule has 15 heavy (non-hydrogen) atoms. The molecule has 0 aromatic carbocycles. The molecule has 1 heterocycles. The van der Waals surface area contributed by atoms with Crippen molar-refractivity contribution in [3.8, 4) is 0 Å². The molecule has 0 aromatic rings. The van der Waals surface area contributed by atoms with Gasteiger partial charge in [0.25, 0.3) is 0 Å². The molecule has 0 radical (unpaired) electrons. The molecule has 90 valence electrons. The van der Waals surface area contributed by atoms with Crippen molar-refractivity contribution in [3.63, 3.8) is 0 Å². The summed E-state index contributed by atoms with van der Waals surface area (Å²) in [5, 5.41) is 3.51. The molecule has 1 saturated heterocycles. The Morgan fingerprint density at radius 3 is 2.80 bits per heavy atom. The van der Waals surface area contributed by atoms with E-state index < -0.39 is 0 Å². The largest absolute Gasteiger partial charge is 0.371 e. The zero-order chi connectivity index (χ0) is 11.3. The van der Waals surface area contributed by atoms with Gasteiger partial charge in [0.15, 0.2) is 0 Å². The molecule has 0 bridgehead atoms. The number of hydrogen-bond donors (Lipinski definition) is 1. The standard InChI is InChI=1S/C12H25NOS/c1-10(9-15-4)7-13-8-11-5-6-12(2,3)14-11/h10-11,13H,5-9H2,1-4H3. The Morgan fingerprint density at radius 1 is 1.53 bits per heavy atom. The van der Waals surface area contributed by atoms with Gasteiger partial charge in [-0.2, -0.15) is 11.8 Å². The lowest BCUT2D eigenvalue weighted by Crippen LogP contribution is -2.32. The molecule has 3 heteroatoms. The molecule has 1 aliphatic heterocycles. The third-order valence-electron chi connectivity index (χ3n) is 2.87. The quantitative estimate of drug-likeness (QED) is 0.759.